The van der Waals surface area contributed by atoms with Gasteiger partial charge in [0.25, 0.3) is 6.71 Å². The molecule has 0 unspecified atom stereocenters. The Bertz CT molecular complexity index is 7640. The molecule has 19 aromatic carbocycles. The van der Waals surface area contributed by atoms with Crippen LogP contribution in [0.25, 0.3) is 166 Å². The summed E-state index contributed by atoms with van der Waals surface area (Å²) in [4.78, 5) is 5.43. The summed E-state index contributed by atoms with van der Waals surface area (Å²) in [6, 6.07) is 168. The normalized spacial score (nSPS) is 12.3. The van der Waals surface area contributed by atoms with Gasteiger partial charge in [-0.1, -0.05) is 391 Å². The van der Waals surface area contributed by atoms with Crippen LogP contribution in [0.3, 0.4) is 0 Å². The van der Waals surface area contributed by atoms with Gasteiger partial charge in [-0.05, 0) is 195 Å². The highest BCUT2D eigenvalue weighted by atomic mass is 15.2. The van der Waals surface area contributed by atoms with E-state index >= 15 is 0 Å². The van der Waals surface area contributed by atoms with Gasteiger partial charge in [0, 0.05) is 77.9 Å². The first-order chi connectivity index (χ1) is 60.7. The molecule has 0 amide bonds. The fourth-order valence-electron chi connectivity index (χ4n) is 19.8. The molecule has 4 nitrogen and oxygen atoms in total. The SMILES string of the molecule is CC(C)(C)c1cc2c3c(c1)N(c1c(-c4ccccc4)cccc1-c1ccc(-c4ccccc4-c4ccccc4)cc1)c1cc(-n4c5ccccc5c5cc(-c6cccc(-c7ccccc7)c6)ccc54)ccc1B3c1ccc(-n3c4ccccc4c4ccccc43)cc1N2c1c(-c2ccccc2)cccc1-c1ccc(-c2cccc(-c3ccccc3)c2)cc1. The van der Waals surface area contributed by atoms with Gasteiger partial charge in [-0.15, -0.1) is 0 Å². The van der Waals surface area contributed by atoms with Gasteiger partial charge >= 0.3 is 0 Å². The van der Waals surface area contributed by atoms with Gasteiger partial charge < -0.3 is 18.9 Å². The monoisotopic (exact) mass is 1570 g/mol. The summed E-state index contributed by atoms with van der Waals surface area (Å²) in [5, 5.41) is 4.82. The lowest BCUT2D eigenvalue weighted by molar-refractivity contribution is 0.590. The molecule has 0 fully saturated rings. The third-order valence-corrected chi connectivity index (χ3v) is 25.7. The first kappa shape index (κ1) is 72.7. The summed E-state index contributed by atoms with van der Waals surface area (Å²) >= 11 is 0. The van der Waals surface area contributed by atoms with Crippen LogP contribution in [-0.2, 0) is 5.41 Å². The summed E-state index contributed by atoms with van der Waals surface area (Å²) < 4.78 is 5.03. The van der Waals surface area contributed by atoms with Crippen molar-refractivity contribution >= 4 is 101 Å². The first-order valence-corrected chi connectivity index (χ1v) is 42.8. The van der Waals surface area contributed by atoms with Gasteiger partial charge in [0.2, 0.25) is 0 Å². The molecule has 0 saturated heterocycles. The Labute approximate surface area is 718 Å². The lowest BCUT2D eigenvalue weighted by Crippen LogP contribution is -2.61. The van der Waals surface area contributed by atoms with Gasteiger partial charge in [-0.25, -0.2) is 0 Å². The fourth-order valence-corrected chi connectivity index (χ4v) is 19.8. The Balaban J connectivity index is 0.811. The average molecular weight is 1570 g/mol. The molecular formula is C118H83BN4. The molecule has 0 saturated carbocycles. The zero-order chi connectivity index (χ0) is 81.8. The number of hydrogen-bond donors (Lipinski definition) is 0. The maximum absolute atomic E-state index is 2.72. The standard InChI is InChI=1S/C118H83BN4/c1-118(2,3)92-74-113-115-114(75-92)123(117-98(83-39-17-8-18-40-83)51-30-53-100(117)86-63-61-84(62-64-86)96-46-20-19-45-95(96)81-35-13-6-14-36-81)112-77-94(121-109-56-26-23-49-103(109)104-73-91(65-70-110(104)121)90-44-28-42-88(72-90)79-33-11-5-12-34-79)67-69-106(112)119(115)105-68-66-93(120-107-54-24-21-47-101(107)102-48-22-25-55-108(102)120)76-111(105)122(113)116-97(82-37-15-7-16-38-82)50-29-52-99(116)85-59-57-80(58-60-85)89-43-27-41-87(71-89)78-31-9-4-10-32-78/h4-77H,1-3H3. The molecule has 123 heavy (non-hydrogen) atoms. The lowest BCUT2D eigenvalue weighted by Gasteiger charge is -2.46. The molecule has 2 aliphatic rings. The van der Waals surface area contributed by atoms with Crippen LogP contribution in [0.5, 0.6) is 0 Å². The Morgan fingerprint density at radius 1 is 0.195 bits per heavy atom. The zero-order valence-corrected chi connectivity index (χ0v) is 68.6. The Kier molecular flexibility index (Phi) is 17.6. The molecular weight excluding hydrogens is 1480 g/mol. The molecule has 0 spiro atoms. The molecule has 2 aromatic heterocycles. The molecule has 578 valence electrons. The van der Waals surface area contributed by atoms with Gasteiger partial charge in [0.15, 0.2) is 0 Å². The van der Waals surface area contributed by atoms with Crippen LogP contribution < -0.4 is 26.2 Å². The molecule has 23 rings (SSSR count). The largest absolute Gasteiger partial charge is 0.310 e. The maximum Gasteiger partial charge on any atom is 0.252 e. The minimum absolute atomic E-state index is 0.287. The van der Waals surface area contributed by atoms with Gasteiger partial charge in [0.05, 0.1) is 33.4 Å². The maximum atomic E-state index is 2.72. The molecule has 0 N–H and O–H groups in total. The summed E-state index contributed by atoms with van der Waals surface area (Å²) in [6.45, 7) is 6.90. The van der Waals surface area contributed by atoms with Crippen LogP contribution in [0, 0.1) is 0 Å². The molecule has 0 bridgehead atoms. The van der Waals surface area contributed by atoms with E-state index < -0.39 is 0 Å². The molecule has 21 aromatic rings. The summed E-state index contributed by atoms with van der Waals surface area (Å²) in [5.74, 6) is 0. The summed E-state index contributed by atoms with van der Waals surface area (Å²) in [5.41, 5.74) is 41.0. The number of rotatable bonds is 14. The van der Waals surface area contributed by atoms with E-state index in [2.05, 4.69) is 489 Å². The minimum Gasteiger partial charge on any atom is -0.310 e. The Morgan fingerprint density at radius 3 is 0.878 bits per heavy atom. The number of fused-ring (bicyclic) bond motifs is 10. The predicted octanol–water partition coefficient (Wildman–Crippen LogP) is 29.9. The van der Waals surface area contributed by atoms with Crippen molar-refractivity contribution < 1.29 is 0 Å². The Hall–Kier alpha value is -15.6. The number of anilines is 6. The first-order valence-electron chi connectivity index (χ1n) is 42.8. The van der Waals surface area contributed by atoms with Crippen LogP contribution >= 0.6 is 0 Å². The van der Waals surface area contributed by atoms with Crippen LogP contribution in [0.15, 0.2) is 449 Å². The van der Waals surface area contributed by atoms with E-state index in [9.17, 15) is 0 Å². The van der Waals surface area contributed by atoms with Crippen molar-refractivity contribution in [1.82, 2.24) is 9.13 Å². The second kappa shape index (κ2) is 29.8. The lowest BCUT2D eigenvalue weighted by atomic mass is 9.33. The highest BCUT2D eigenvalue weighted by Gasteiger charge is 2.46. The third kappa shape index (κ3) is 12.4. The van der Waals surface area contributed by atoms with Crippen LogP contribution in [0.1, 0.15) is 26.3 Å². The van der Waals surface area contributed by atoms with Crippen molar-refractivity contribution in [2.24, 2.45) is 0 Å². The third-order valence-electron chi connectivity index (χ3n) is 25.7. The fraction of sp³-hybridized carbons (Fsp3) is 0.0339. The highest BCUT2D eigenvalue weighted by molar-refractivity contribution is 7.00. The predicted molar refractivity (Wildman–Crippen MR) is 522 cm³/mol. The summed E-state index contributed by atoms with van der Waals surface area (Å²) in [6.07, 6.45) is 0. The number of aromatic nitrogens is 2. The number of benzene rings is 19. The Morgan fingerprint density at radius 2 is 0.472 bits per heavy atom. The van der Waals surface area contributed by atoms with Crippen molar-refractivity contribution in [3.05, 3.63) is 454 Å². The molecule has 0 radical (unpaired) electrons. The topological polar surface area (TPSA) is 16.3 Å². The van der Waals surface area contributed by atoms with Gasteiger partial charge in [-0.2, -0.15) is 0 Å². The minimum atomic E-state index is -0.376. The van der Waals surface area contributed by atoms with Crippen molar-refractivity contribution in [2.75, 3.05) is 9.80 Å². The molecule has 4 heterocycles. The van der Waals surface area contributed by atoms with Crippen LogP contribution in [0.4, 0.5) is 34.1 Å². The molecule has 5 heteroatoms. The number of para-hydroxylation sites is 5. The average Bonchev–Trinajstić information content (AvgIpc) is 0.960. The smallest absolute Gasteiger partial charge is 0.252 e. The van der Waals surface area contributed by atoms with Crippen molar-refractivity contribution in [3.63, 3.8) is 0 Å². The van der Waals surface area contributed by atoms with Crippen LogP contribution in [0.2, 0.25) is 0 Å². The van der Waals surface area contributed by atoms with Crippen molar-refractivity contribution in [3.8, 4) is 123 Å². The highest BCUT2D eigenvalue weighted by Crippen LogP contribution is 2.55. The summed E-state index contributed by atoms with van der Waals surface area (Å²) in [7, 11) is 0. The van der Waals surface area contributed by atoms with Crippen LogP contribution in [-0.4, -0.2) is 15.8 Å². The van der Waals surface area contributed by atoms with E-state index in [0.717, 1.165) is 123 Å². The van der Waals surface area contributed by atoms with E-state index in [1.54, 1.807) is 0 Å². The second-order valence-electron chi connectivity index (χ2n) is 33.8. The number of hydrogen-bond acceptors (Lipinski definition) is 2. The van der Waals surface area contributed by atoms with Crippen molar-refractivity contribution in [2.45, 2.75) is 26.2 Å². The van der Waals surface area contributed by atoms with Gasteiger partial charge in [-0.3, -0.25) is 0 Å². The molecule has 0 atom stereocenters. The van der Waals surface area contributed by atoms with E-state index in [4.69, 9.17) is 0 Å². The van der Waals surface area contributed by atoms with Gasteiger partial charge in [0.1, 0.15) is 0 Å². The number of nitrogens with zero attached hydrogens (tertiary/aromatic N) is 4. The quantitative estimate of drug-likeness (QED) is 0.101. The van der Waals surface area contributed by atoms with E-state index in [0.29, 0.717) is 0 Å². The molecule has 0 aliphatic carbocycles. The van der Waals surface area contributed by atoms with Crippen molar-refractivity contribution in [1.29, 1.82) is 0 Å². The molecule has 2 aliphatic heterocycles. The van der Waals surface area contributed by atoms with E-state index in [1.807, 2.05) is 0 Å². The van der Waals surface area contributed by atoms with E-state index in [-0.39, 0.29) is 12.1 Å². The van der Waals surface area contributed by atoms with E-state index in [1.165, 1.54) is 99.1 Å². The zero-order valence-electron chi connectivity index (χ0n) is 68.6. The second-order valence-corrected chi connectivity index (χ2v) is 33.8.